The van der Waals surface area contributed by atoms with Crippen molar-refractivity contribution < 1.29 is 4.79 Å². The van der Waals surface area contributed by atoms with Crippen LogP contribution in [0.4, 0.5) is 5.13 Å². The maximum absolute atomic E-state index is 12.7. The Bertz CT molecular complexity index is 1070. The Kier molecular flexibility index (Phi) is 4.77. The number of pyridine rings is 1. The van der Waals surface area contributed by atoms with Crippen LogP contribution in [0.3, 0.4) is 0 Å². The van der Waals surface area contributed by atoms with E-state index in [9.17, 15) is 4.79 Å². The first-order valence-electron chi connectivity index (χ1n) is 8.03. The van der Waals surface area contributed by atoms with E-state index in [0.717, 1.165) is 26.7 Å². The predicted octanol–water partition coefficient (Wildman–Crippen LogP) is 5.30. The van der Waals surface area contributed by atoms with Crippen LogP contribution in [0.15, 0.2) is 71.5 Å². The summed E-state index contributed by atoms with van der Waals surface area (Å²) in [5.41, 5.74) is 2.60. The first kappa shape index (κ1) is 16.9. The molecule has 2 aromatic carbocycles. The topological polar surface area (TPSA) is 54.9 Å². The molecule has 26 heavy (non-hydrogen) atoms. The number of fused-ring (bicyclic) bond motifs is 1. The highest BCUT2D eigenvalue weighted by atomic mass is 79.9. The van der Waals surface area contributed by atoms with Crippen molar-refractivity contribution >= 4 is 49.2 Å². The fourth-order valence-corrected chi connectivity index (χ4v) is 3.81. The lowest BCUT2D eigenvalue weighted by atomic mass is 10.1. The molecule has 0 spiro atoms. The molecule has 0 bridgehead atoms. The molecule has 0 atom stereocenters. The van der Waals surface area contributed by atoms with Crippen molar-refractivity contribution in [3.63, 3.8) is 0 Å². The normalized spacial score (nSPS) is 10.8. The molecule has 0 unspecified atom stereocenters. The quantitative estimate of drug-likeness (QED) is 0.484. The molecule has 0 aliphatic heterocycles. The SMILES string of the molecule is O=C(Nc1ncc(Cc2ccc(Br)cc2)s1)c1ccnc2ccccc12. The van der Waals surface area contributed by atoms with Crippen molar-refractivity contribution in [3.05, 3.63) is 87.5 Å². The number of amides is 1. The number of carbonyl (C=O) groups excluding carboxylic acids is 1. The number of halogens is 1. The van der Waals surface area contributed by atoms with Crippen molar-refractivity contribution in [2.45, 2.75) is 6.42 Å². The van der Waals surface area contributed by atoms with Crippen molar-refractivity contribution in [1.82, 2.24) is 9.97 Å². The summed E-state index contributed by atoms with van der Waals surface area (Å²) < 4.78 is 1.06. The zero-order chi connectivity index (χ0) is 17.9. The summed E-state index contributed by atoms with van der Waals surface area (Å²) in [5, 5.41) is 4.33. The Morgan fingerprint density at radius 3 is 2.69 bits per heavy atom. The van der Waals surface area contributed by atoms with Crippen LogP contribution in [0.25, 0.3) is 10.9 Å². The van der Waals surface area contributed by atoms with Crippen LogP contribution in [0.5, 0.6) is 0 Å². The molecule has 128 valence electrons. The van der Waals surface area contributed by atoms with Gasteiger partial charge in [-0.3, -0.25) is 15.1 Å². The van der Waals surface area contributed by atoms with Gasteiger partial charge in [0.15, 0.2) is 5.13 Å². The van der Waals surface area contributed by atoms with E-state index in [1.165, 1.54) is 16.9 Å². The molecule has 0 saturated carbocycles. The number of benzene rings is 2. The van der Waals surface area contributed by atoms with Crippen molar-refractivity contribution in [1.29, 1.82) is 0 Å². The number of nitrogens with one attached hydrogen (secondary N) is 1. The van der Waals surface area contributed by atoms with E-state index < -0.39 is 0 Å². The number of carbonyl (C=O) groups is 1. The average molecular weight is 424 g/mol. The van der Waals surface area contributed by atoms with Gasteiger partial charge in [-0.15, -0.1) is 11.3 Å². The first-order chi connectivity index (χ1) is 12.7. The minimum absolute atomic E-state index is 0.173. The van der Waals surface area contributed by atoms with Gasteiger partial charge < -0.3 is 0 Å². The summed E-state index contributed by atoms with van der Waals surface area (Å²) in [4.78, 5) is 22.4. The van der Waals surface area contributed by atoms with Crippen LogP contribution >= 0.6 is 27.3 Å². The van der Waals surface area contributed by atoms with Crippen molar-refractivity contribution in [3.8, 4) is 0 Å². The van der Waals surface area contributed by atoms with Crippen LogP contribution in [0, 0.1) is 0 Å². The van der Waals surface area contributed by atoms with Gasteiger partial charge in [0, 0.05) is 33.6 Å². The van der Waals surface area contributed by atoms with Gasteiger partial charge in [0.2, 0.25) is 0 Å². The Hall–Kier alpha value is -2.57. The highest BCUT2D eigenvalue weighted by molar-refractivity contribution is 9.10. The monoisotopic (exact) mass is 423 g/mol. The van der Waals surface area contributed by atoms with Gasteiger partial charge in [-0.2, -0.15) is 0 Å². The molecule has 0 saturated heterocycles. The maximum Gasteiger partial charge on any atom is 0.258 e. The molecule has 4 rings (SSSR count). The second kappa shape index (κ2) is 7.35. The molecule has 6 heteroatoms. The van der Waals surface area contributed by atoms with Crippen LogP contribution in [0.1, 0.15) is 20.8 Å². The van der Waals surface area contributed by atoms with Crippen LogP contribution in [-0.4, -0.2) is 15.9 Å². The Labute approximate surface area is 163 Å². The van der Waals surface area contributed by atoms with E-state index >= 15 is 0 Å². The smallest absolute Gasteiger partial charge is 0.258 e. The van der Waals surface area contributed by atoms with Crippen molar-refractivity contribution in [2.24, 2.45) is 0 Å². The lowest BCUT2D eigenvalue weighted by molar-refractivity contribution is 0.102. The van der Waals surface area contributed by atoms with E-state index in [1.807, 2.05) is 42.6 Å². The number of anilines is 1. The Morgan fingerprint density at radius 2 is 1.85 bits per heavy atom. The molecule has 4 nitrogen and oxygen atoms in total. The van der Waals surface area contributed by atoms with E-state index in [1.54, 1.807) is 12.3 Å². The number of para-hydroxylation sites is 1. The average Bonchev–Trinajstić information content (AvgIpc) is 3.10. The molecule has 2 heterocycles. The molecule has 2 aromatic heterocycles. The highest BCUT2D eigenvalue weighted by Gasteiger charge is 2.12. The molecule has 0 aliphatic rings. The van der Waals surface area contributed by atoms with E-state index in [0.29, 0.717) is 10.7 Å². The van der Waals surface area contributed by atoms with Gasteiger partial charge in [0.05, 0.1) is 11.1 Å². The lowest BCUT2D eigenvalue weighted by Gasteiger charge is -2.05. The standard InChI is InChI=1S/C20H14BrN3OS/c21-14-7-5-13(6-8-14)11-15-12-23-20(26-15)24-19(25)17-9-10-22-18-4-2-1-3-16(17)18/h1-10,12H,11H2,(H,23,24,25). The summed E-state index contributed by atoms with van der Waals surface area (Å²) in [6, 6.07) is 17.5. The zero-order valence-electron chi connectivity index (χ0n) is 13.6. The minimum Gasteiger partial charge on any atom is -0.298 e. The first-order valence-corrected chi connectivity index (χ1v) is 9.64. The van der Waals surface area contributed by atoms with Gasteiger partial charge in [-0.1, -0.05) is 46.3 Å². The predicted molar refractivity (Wildman–Crippen MR) is 109 cm³/mol. The molecule has 0 radical (unpaired) electrons. The lowest BCUT2D eigenvalue weighted by Crippen LogP contribution is -2.12. The largest absolute Gasteiger partial charge is 0.298 e. The summed E-state index contributed by atoms with van der Waals surface area (Å²) in [6.07, 6.45) is 4.25. The summed E-state index contributed by atoms with van der Waals surface area (Å²) in [5.74, 6) is -0.173. The number of nitrogens with zero attached hydrogens (tertiary/aromatic N) is 2. The van der Waals surface area contributed by atoms with Gasteiger partial charge in [-0.05, 0) is 29.8 Å². The Balaban J connectivity index is 1.51. The number of hydrogen-bond acceptors (Lipinski definition) is 4. The number of aromatic nitrogens is 2. The molecular weight excluding hydrogens is 410 g/mol. The van der Waals surface area contributed by atoms with Crippen LogP contribution in [0.2, 0.25) is 0 Å². The molecule has 0 aliphatic carbocycles. The Morgan fingerprint density at radius 1 is 1.04 bits per heavy atom. The van der Waals surface area contributed by atoms with Gasteiger partial charge in [0.1, 0.15) is 0 Å². The second-order valence-corrected chi connectivity index (χ2v) is 7.80. The summed E-state index contributed by atoms with van der Waals surface area (Å²) in [6.45, 7) is 0. The number of rotatable bonds is 4. The van der Waals surface area contributed by atoms with Crippen LogP contribution < -0.4 is 5.32 Å². The fraction of sp³-hybridized carbons (Fsp3) is 0.0500. The second-order valence-electron chi connectivity index (χ2n) is 5.76. The van der Waals surface area contributed by atoms with Crippen molar-refractivity contribution in [2.75, 3.05) is 5.32 Å². The van der Waals surface area contributed by atoms with Gasteiger partial charge >= 0.3 is 0 Å². The van der Waals surface area contributed by atoms with E-state index in [-0.39, 0.29) is 5.91 Å². The number of hydrogen-bond donors (Lipinski definition) is 1. The van der Waals surface area contributed by atoms with E-state index in [4.69, 9.17) is 0 Å². The van der Waals surface area contributed by atoms with Crippen LogP contribution in [-0.2, 0) is 6.42 Å². The highest BCUT2D eigenvalue weighted by Crippen LogP contribution is 2.24. The molecule has 1 amide bonds. The summed E-state index contributed by atoms with van der Waals surface area (Å²) >= 11 is 4.93. The van der Waals surface area contributed by atoms with Gasteiger partial charge in [-0.25, -0.2) is 4.98 Å². The molecule has 4 aromatic rings. The maximum atomic E-state index is 12.7. The number of thiazole rings is 1. The van der Waals surface area contributed by atoms with Gasteiger partial charge in [0.25, 0.3) is 5.91 Å². The third-order valence-corrected chi connectivity index (χ3v) is 5.40. The third-order valence-electron chi connectivity index (χ3n) is 3.96. The molecular formula is C20H14BrN3OS. The fourth-order valence-electron chi connectivity index (χ4n) is 2.71. The summed E-state index contributed by atoms with van der Waals surface area (Å²) in [7, 11) is 0. The zero-order valence-corrected chi connectivity index (χ0v) is 16.0. The third kappa shape index (κ3) is 3.66. The van der Waals surface area contributed by atoms with E-state index in [2.05, 4.69) is 43.3 Å². The minimum atomic E-state index is -0.173. The molecule has 0 fully saturated rings. The molecule has 1 N–H and O–H groups in total.